The largest absolute Gasteiger partial charge is 0.301 e. The Kier molecular flexibility index (Phi) is 7.30. The zero-order chi connectivity index (χ0) is 22.6. The number of halogens is 1. The van der Waals surface area contributed by atoms with Crippen LogP contribution in [0.15, 0.2) is 42.5 Å². The fourth-order valence-electron chi connectivity index (χ4n) is 3.13. The first kappa shape index (κ1) is 23.2. The van der Waals surface area contributed by atoms with E-state index in [1.165, 1.54) is 21.9 Å². The molecule has 0 unspecified atom stereocenters. The lowest BCUT2D eigenvalue weighted by molar-refractivity contribution is -0.116. The van der Waals surface area contributed by atoms with Crippen LogP contribution in [0, 0.1) is 13.8 Å². The maximum Gasteiger partial charge on any atom is 0.232 e. The molecule has 1 amide bonds. The third-order valence-corrected chi connectivity index (χ3v) is 6.76. The Morgan fingerprint density at radius 2 is 1.74 bits per heavy atom. The van der Waals surface area contributed by atoms with Crippen molar-refractivity contribution < 1.29 is 13.2 Å². The van der Waals surface area contributed by atoms with E-state index in [9.17, 15) is 13.2 Å². The lowest BCUT2D eigenvalue weighted by atomic mass is 10.1. The van der Waals surface area contributed by atoms with Gasteiger partial charge in [-0.1, -0.05) is 41.1 Å². The van der Waals surface area contributed by atoms with Crippen molar-refractivity contribution in [2.24, 2.45) is 0 Å². The highest BCUT2D eigenvalue weighted by molar-refractivity contribution is 7.92. The topological polar surface area (TPSA) is 92.3 Å². The minimum atomic E-state index is -3.47. The highest BCUT2D eigenvalue weighted by atomic mass is 35.5. The van der Waals surface area contributed by atoms with Gasteiger partial charge in [-0.2, -0.15) is 0 Å². The number of carbonyl (C=O) groups excluding carboxylic acids is 1. The molecule has 3 rings (SSSR count). The zero-order valence-corrected chi connectivity index (χ0v) is 19.8. The van der Waals surface area contributed by atoms with Crippen molar-refractivity contribution >= 4 is 49.7 Å². The lowest BCUT2D eigenvalue weighted by Crippen LogP contribution is -2.31. The molecule has 1 N–H and O–H groups in total. The van der Waals surface area contributed by atoms with Crippen LogP contribution in [-0.2, 0) is 14.8 Å². The summed E-state index contributed by atoms with van der Waals surface area (Å²) >= 11 is 7.16. The second-order valence-electron chi connectivity index (χ2n) is 7.25. The molecule has 1 heterocycles. The third kappa shape index (κ3) is 6.49. The molecule has 0 radical (unpaired) electrons. The van der Waals surface area contributed by atoms with E-state index in [-0.39, 0.29) is 18.9 Å². The first-order valence-electron chi connectivity index (χ1n) is 9.57. The van der Waals surface area contributed by atoms with Gasteiger partial charge in [-0.25, -0.2) is 8.42 Å². The molecule has 0 aliphatic rings. The molecule has 0 fully saturated rings. The Hall–Kier alpha value is -2.49. The fraction of sp³-hybridized carbons (Fsp3) is 0.286. The SMILES string of the molecule is Cc1cc(C)cc(N(CCCC(=O)Nc2nnc(-c3ccc(Cl)cc3)s2)S(C)(=O)=O)c1. The Morgan fingerprint density at radius 3 is 2.35 bits per heavy atom. The van der Waals surface area contributed by atoms with Gasteiger partial charge in [-0.05, 0) is 55.7 Å². The van der Waals surface area contributed by atoms with E-state index >= 15 is 0 Å². The summed E-state index contributed by atoms with van der Waals surface area (Å²) in [6.07, 6.45) is 1.70. The Labute approximate surface area is 191 Å². The lowest BCUT2D eigenvalue weighted by Gasteiger charge is -2.23. The summed E-state index contributed by atoms with van der Waals surface area (Å²) in [6.45, 7) is 4.05. The van der Waals surface area contributed by atoms with Crippen LogP contribution in [0.5, 0.6) is 0 Å². The number of rotatable bonds is 8. The molecule has 31 heavy (non-hydrogen) atoms. The molecule has 0 spiro atoms. The van der Waals surface area contributed by atoms with Crippen LogP contribution in [0.2, 0.25) is 5.02 Å². The van der Waals surface area contributed by atoms with E-state index in [0.717, 1.165) is 16.7 Å². The summed E-state index contributed by atoms with van der Waals surface area (Å²) in [7, 11) is -3.47. The van der Waals surface area contributed by atoms with Crippen molar-refractivity contribution in [2.45, 2.75) is 26.7 Å². The van der Waals surface area contributed by atoms with Gasteiger partial charge in [0.25, 0.3) is 0 Å². The van der Waals surface area contributed by atoms with Crippen LogP contribution in [-0.4, -0.2) is 37.3 Å². The van der Waals surface area contributed by atoms with Crippen molar-refractivity contribution in [3.8, 4) is 10.6 Å². The number of nitrogens with one attached hydrogen (secondary N) is 1. The average molecular weight is 479 g/mol. The summed E-state index contributed by atoms with van der Waals surface area (Å²) < 4.78 is 25.9. The van der Waals surface area contributed by atoms with E-state index in [1.807, 2.05) is 44.2 Å². The highest BCUT2D eigenvalue weighted by Crippen LogP contribution is 2.27. The van der Waals surface area contributed by atoms with Gasteiger partial charge in [0.15, 0.2) is 0 Å². The third-order valence-electron chi connectivity index (χ3n) is 4.42. The highest BCUT2D eigenvalue weighted by Gasteiger charge is 2.18. The first-order valence-corrected chi connectivity index (χ1v) is 12.6. The Morgan fingerprint density at radius 1 is 1.10 bits per heavy atom. The fourth-order valence-corrected chi connectivity index (χ4v) is 4.97. The molecule has 0 aliphatic heterocycles. The van der Waals surface area contributed by atoms with Crippen LogP contribution in [0.1, 0.15) is 24.0 Å². The number of aromatic nitrogens is 2. The number of nitrogens with zero attached hydrogens (tertiary/aromatic N) is 3. The summed E-state index contributed by atoms with van der Waals surface area (Å²) in [5.74, 6) is -0.243. The van der Waals surface area contributed by atoms with Crippen LogP contribution < -0.4 is 9.62 Å². The molecule has 0 saturated carbocycles. The second kappa shape index (κ2) is 9.76. The van der Waals surface area contributed by atoms with Gasteiger partial charge < -0.3 is 5.32 Å². The predicted molar refractivity (Wildman–Crippen MR) is 126 cm³/mol. The molecule has 164 valence electrons. The van der Waals surface area contributed by atoms with E-state index in [2.05, 4.69) is 15.5 Å². The molecule has 3 aromatic rings. The van der Waals surface area contributed by atoms with Crippen molar-refractivity contribution in [1.29, 1.82) is 0 Å². The molecule has 0 atom stereocenters. The van der Waals surface area contributed by atoms with Crippen LogP contribution in [0.3, 0.4) is 0 Å². The number of sulfonamides is 1. The van der Waals surface area contributed by atoms with Gasteiger partial charge >= 0.3 is 0 Å². The van der Waals surface area contributed by atoms with Crippen LogP contribution >= 0.6 is 22.9 Å². The van der Waals surface area contributed by atoms with Crippen LogP contribution in [0.4, 0.5) is 10.8 Å². The number of aryl methyl sites for hydroxylation is 2. The molecule has 0 saturated heterocycles. The predicted octanol–water partition coefficient (Wildman–Crippen LogP) is 4.66. The maximum atomic E-state index is 12.3. The monoisotopic (exact) mass is 478 g/mol. The van der Waals surface area contributed by atoms with Crippen molar-refractivity contribution in [1.82, 2.24) is 10.2 Å². The van der Waals surface area contributed by atoms with Gasteiger partial charge in [-0.15, -0.1) is 10.2 Å². The normalized spacial score (nSPS) is 11.4. The summed E-state index contributed by atoms with van der Waals surface area (Å²) in [4.78, 5) is 12.3. The van der Waals surface area contributed by atoms with Gasteiger partial charge in [0.2, 0.25) is 21.1 Å². The number of anilines is 2. The molecule has 10 heteroatoms. The average Bonchev–Trinajstić information content (AvgIpc) is 3.12. The molecule has 0 bridgehead atoms. The molecule has 0 aliphatic carbocycles. The Balaban J connectivity index is 1.59. The van der Waals surface area contributed by atoms with E-state index in [1.54, 1.807) is 12.1 Å². The van der Waals surface area contributed by atoms with Crippen molar-refractivity contribution in [2.75, 3.05) is 22.4 Å². The molecular weight excluding hydrogens is 456 g/mol. The van der Waals surface area contributed by atoms with Gasteiger partial charge in [0.1, 0.15) is 5.01 Å². The van der Waals surface area contributed by atoms with E-state index in [0.29, 0.717) is 27.3 Å². The number of benzene rings is 2. The zero-order valence-electron chi connectivity index (χ0n) is 17.4. The maximum absolute atomic E-state index is 12.3. The van der Waals surface area contributed by atoms with Gasteiger partial charge in [0, 0.05) is 23.6 Å². The minimum absolute atomic E-state index is 0.159. The van der Waals surface area contributed by atoms with Crippen molar-refractivity contribution in [3.63, 3.8) is 0 Å². The minimum Gasteiger partial charge on any atom is -0.301 e. The second-order valence-corrected chi connectivity index (χ2v) is 10.6. The van der Waals surface area contributed by atoms with E-state index in [4.69, 9.17) is 11.6 Å². The summed E-state index contributed by atoms with van der Waals surface area (Å²) in [5.41, 5.74) is 3.43. The number of hydrogen-bond acceptors (Lipinski definition) is 6. The quantitative estimate of drug-likeness (QED) is 0.508. The smallest absolute Gasteiger partial charge is 0.232 e. The van der Waals surface area contributed by atoms with Crippen molar-refractivity contribution in [3.05, 3.63) is 58.6 Å². The van der Waals surface area contributed by atoms with Gasteiger partial charge in [-0.3, -0.25) is 9.10 Å². The molecule has 7 nitrogen and oxygen atoms in total. The summed E-state index contributed by atoms with van der Waals surface area (Å²) in [6, 6.07) is 12.8. The molecular formula is C21H23ClN4O3S2. The van der Waals surface area contributed by atoms with E-state index < -0.39 is 10.0 Å². The molecule has 2 aromatic carbocycles. The van der Waals surface area contributed by atoms with Gasteiger partial charge in [0.05, 0.1) is 11.9 Å². The van der Waals surface area contributed by atoms with Crippen LogP contribution in [0.25, 0.3) is 10.6 Å². The first-order chi connectivity index (χ1) is 14.6. The molecule has 1 aromatic heterocycles. The standard InChI is InChI=1S/C21H23ClN4O3S2/c1-14-11-15(2)13-18(12-14)26(31(3,28)29)10-4-5-19(27)23-21-25-24-20(30-21)16-6-8-17(22)9-7-16/h6-9,11-13H,4-5,10H2,1-3H3,(H,23,25,27). The number of hydrogen-bond donors (Lipinski definition) is 1. The number of amides is 1. The summed E-state index contributed by atoms with van der Waals surface area (Å²) in [5, 5.41) is 12.5. The number of carbonyl (C=O) groups is 1. The Bertz CT molecular complexity index is 1160.